The van der Waals surface area contributed by atoms with Crippen LogP contribution < -0.4 is 0 Å². The Morgan fingerprint density at radius 3 is 2.67 bits per heavy atom. The van der Waals surface area contributed by atoms with Crippen LogP contribution in [0.4, 0.5) is 0 Å². The molecule has 0 aliphatic heterocycles. The molecule has 0 bridgehead atoms. The smallest absolute Gasteiger partial charge is 0.103 e. The molecule has 0 saturated heterocycles. The highest BCUT2D eigenvalue weighted by atomic mass is 15.3. The van der Waals surface area contributed by atoms with Crippen LogP contribution in [0.15, 0.2) is 30.5 Å². The average Bonchev–Trinajstić information content (AvgIpc) is 2.80. The minimum absolute atomic E-state index is 0.543. The number of benzene rings is 1. The summed E-state index contributed by atoms with van der Waals surface area (Å²) in [6, 6.07) is 10.1. The van der Waals surface area contributed by atoms with E-state index in [1.807, 2.05) is 35.9 Å². The van der Waals surface area contributed by atoms with E-state index in [1.54, 1.807) is 6.20 Å². The quantitative estimate of drug-likeness (QED) is 0.720. The summed E-state index contributed by atoms with van der Waals surface area (Å²) in [7, 11) is 0. The maximum atomic E-state index is 9.43. The van der Waals surface area contributed by atoms with Crippen LogP contribution in [0.3, 0.4) is 0 Å². The lowest BCUT2D eigenvalue weighted by Crippen LogP contribution is -2.04. The van der Waals surface area contributed by atoms with Gasteiger partial charge >= 0.3 is 0 Å². The van der Waals surface area contributed by atoms with Crippen LogP contribution in [0.5, 0.6) is 0 Å². The Balaban J connectivity index is 2.42. The van der Waals surface area contributed by atoms with Crippen LogP contribution in [-0.2, 0) is 6.42 Å². The fraction of sp³-hybridized carbons (Fsp3) is 0.235. The molecule has 0 aliphatic carbocycles. The van der Waals surface area contributed by atoms with Crippen molar-refractivity contribution < 1.29 is 0 Å². The topological polar surface area (TPSA) is 54.5 Å². The molecule has 104 valence electrons. The molecule has 3 aromatic rings. The molecule has 2 aromatic heterocycles. The highest BCUT2D eigenvalue weighted by Crippen LogP contribution is 2.27. The van der Waals surface area contributed by atoms with Crippen LogP contribution in [0.2, 0.25) is 0 Å². The van der Waals surface area contributed by atoms with Gasteiger partial charge in [-0.15, -0.1) is 0 Å². The average molecular weight is 276 g/mol. The zero-order chi connectivity index (χ0) is 15.0. The Labute approximate surface area is 123 Å². The summed E-state index contributed by atoms with van der Waals surface area (Å²) in [6.07, 6.45) is 2.56. The van der Waals surface area contributed by atoms with Crippen LogP contribution in [-0.4, -0.2) is 14.8 Å². The summed E-state index contributed by atoms with van der Waals surface area (Å²) in [5.41, 5.74) is 5.57. The van der Waals surface area contributed by atoms with E-state index in [0.717, 1.165) is 34.4 Å². The molecule has 0 radical (unpaired) electrons. The molecule has 4 heteroatoms. The monoisotopic (exact) mass is 276 g/mol. The van der Waals surface area contributed by atoms with Crippen molar-refractivity contribution in [1.29, 1.82) is 5.26 Å². The second-order valence-corrected chi connectivity index (χ2v) is 5.06. The van der Waals surface area contributed by atoms with Gasteiger partial charge in [-0.05, 0) is 31.9 Å². The van der Waals surface area contributed by atoms with E-state index in [0.29, 0.717) is 5.56 Å². The summed E-state index contributed by atoms with van der Waals surface area (Å²) in [6.45, 7) is 6.18. The lowest BCUT2D eigenvalue weighted by molar-refractivity contribution is 0.835. The van der Waals surface area contributed by atoms with Crippen molar-refractivity contribution in [1.82, 2.24) is 14.8 Å². The molecule has 0 N–H and O–H groups in total. The second kappa shape index (κ2) is 5.02. The van der Waals surface area contributed by atoms with Gasteiger partial charge in [0.15, 0.2) is 0 Å². The third-order valence-corrected chi connectivity index (χ3v) is 3.87. The standard InChI is InChI=1S/C17H16N4/c1-4-14-11(2)20-21(12(14)3)17-13(9-18)10-19-16-8-6-5-7-15(16)17/h5-8,10H,4H2,1-3H3. The number of nitrogens with zero attached hydrogens (tertiary/aromatic N) is 4. The van der Waals surface area contributed by atoms with Gasteiger partial charge in [0.2, 0.25) is 0 Å². The summed E-state index contributed by atoms with van der Waals surface area (Å²) in [4.78, 5) is 4.35. The summed E-state index contributed by atoms with van der Waals surface area (Å²) in [5.74, 6) is 0. The number of fused-ring (bicyclic) bond motifs is 1. The molecule has 0 unspecified atom stereocenters. The van der Waals surface area contributed by atoms with Gasteiger partial charge in [-0.2, -0.15) is 10.4 Å². The normalized spacial score (nSPS) is 10.8. The Morgan fingerprint density at radius 2 is 2.00 bits per heavy atom. The maximum Gasteiger partial charge on any atom is 0.103 e. The van der Waals surface area contributed by atoms with Gasteiger partial charge in [-0.25, -0.2) is 4.68 Å². The number of rotatable bonds is 2. The number of pyridine rings is 1. The SMILES string of the molecule is CCc1c(C)nn(-c2c(C#N)cnc3ccccc23)c1C. The number of nitriles is 1. The van der Waals surface area contributed by atoms with Crippen molar-refractivity contribution in [3.63, 3.8) is 0 Å². The molecular weight excluding hydrogens is 260 g/mol. The van der Waals surface area contributed by atoms with Gasteiger partial charge in [0.1, 0.15) is 6.07 Å². The summed E-state index contributed by atoms with van der Waals surface area (Å²) < 4.78 is 1.89. The van der Waals surface area contributed by atoms with Gasteiger partial charge in [-0.1, -0.05) is 25.1 Å². The van der Waals surface area contributed by atoms with E-state index in [4.69, 9.17) is 0 Å². The minimum atomic E-state index is 0.543. The third-order valence-electron chi connectivity index (χ3n) is 3.87. The highest BCUT2D eigenvalue weighted by Gasteiger charge is 2.17. The highest BCUT2D eigenvalue weighted by molar-refractivity contribution is 5.89. The lowest BCUT2D eigenvalue weighted by atomic mass is 10.1. The van der Waals surface area contributed by atoms with Crippen molar-refractivity contribution in [2.75, 3.05) is 0 Å². The molecule has 3 rings (SSSR count). The van der Waals surface area contributed by atoms with Crippen molar-refractivity contribution >= 4 is 10.9 Å². The molecule has 21 heavy (non-hydrogen) atoms. The van der Waals surface area contributed by atoms with Gasteiger partial charge in [0.25, 0.3) is 0 Å². The maximum absolute atomic E-state index is 9.43. The first-order chi connectivity index (χ1) is 10.2. The molecule has 2 heterocycles. The third kappa shape index (κ3) is 1.98. The fourth-order valence-corrected chi connectivity index (χ4v) is 2.84. The predicted molar refractivity (Wildman–Crippen MR) is 82.4 cm³/mol. The van der Waals surface area contributed by atoms with Crippen LogP contribution in [0.1, 0.15) is 29.4 Å². The zero-order valence-electron chi connectivity index (χ0n) is 12.4. The molecule has 4 nitrogen and oxygen atoms in total. The number of hydrogen-bond donors (Lipinski definition) is 0. The van der Waals surface area contributed by atoms with E-state index >= 15 is 0 Å². The summed E-state index contributed by atoms with van der Waals surface area (Å²) >= 11 is 0. The van der Waals surface area contributed by atoms with Crippen molar-refractivity contribution in [2.24, 2.45) is 0 Å². The molecule has 0 amide bonds. The largest absolute Gasteiger partial charge is 0.255 e. The number of hydrogen-bond acceptors (Lipinski definition) is 3. The van der Waals surface area contributed by atoms with Crippen molar-refractivity contribution in [3.05, 3.63) is 53.0 Å². The molecule has 0 fully saturated rings. The fourth-order valence-electron chi connectivity index (χ4n) is 2.84. The Hall–Kier alpha value is -2.67. The van der Waals surface area contributed by atoms with Crippen molar-refractivity contribution in [3.8, 4) is 11.8 Å². The Kier molecular flexibility index (Phi) is 3.19. The van der Waals surface area contributed by atoms with Crippen molar-refractivity contribution in [2.45, 2.75) is 27.2 Å². The van der Waals surface area contributed by atoms with E-state index in [2.05, 4.69) is 30.0 Å². The number of para-hydroxylation sites is 1. The zero-order valence-corrected chi connectivity index (χ0v) is 12.4. The molecule has 0 atom stereocenters. The van der Waals surface area contributed by atoms with E-state index in [1.165, 1.54) is 5.56 Å². The predicted octanol–water partition coefficient (Wildman–Crippen LogP) is 3.47. The number of aromatic nitrogens is 3. The lowest BCUT2D eigenvalue weighted by Gasteiger charge is -2.10. The molecule has 0 spiro atoms. The number of aryl methyl sites for hydroxylation is 1. The Bertz CT molecular complexity index is 868. The van der Waals surface area contributed by atoms with Gasteiger partial charge in [0.05, 0.1) is 22.5 Å². The van der Waals surface area contributed by atoms with E-state index < -0.39 is 0 Å². The van der Waals surface area contributed by atoms with Gasteiger partial charge in [-0.3, -0.25) is 4.98 Å². The molecule has 1 aromatic carbocycles. The van der Waals surface area contributed by atoms with Crippen LogP contribution >= 0.6 is 0 Å². The molecular formula is C17H16N4. The van der Waals surface area contributed by atoms with Crippen LogP contribution in [0, 0.1) is 25.2 Å². The first kappa shape index (κ1) is 13.3. The molecule has 0 saturated carbocycles. The minimum Gasteiger partial charge on any atom is -0.255 e. The van der Waals surface area contributed by atoms with Gasteiger partial charge in [0, 0.05) is 17.3 Å². The molecule has 0 aliphatic rings. The summed E-state index contributed by atoms with van der Waals surface area (Å²) in [5, 5.41) is 15.0. The Morgan fingerprint density at radius 1 is 1.24 bits per heavy atom. The van der Waals surface area contributed by atoms with Gasteiger partial charge < -0.3 is 0 Å². The second-order valence-electron chi connectivity index (χ2n) is 5.06. The first-order valence-electron chi connectivity index (χ1n) is 7.00. The van der Waals surface area contributed by atoms with E-state index in [-0.39, 0.29) is 0 Å². The van der Waals surface area contributed by atoms with E-state index in [9.17, 15) is 5.26 Å². The van der Waals surface area contributed by atoms with Crippen LogP contribution in [0.25, 0.3) is 16.6 Å². The first-order valence-corrected chi connectivity index (χ1v) is 7.00.